The maximum atomic E-state index is 9.81. The molecular weight excluding hydrogens is 458 g/mol. The number of anilines is 1. The molecule has 37 heavy (non-hydrogen) atoms. The maximum Gasteiger partial charge on any atom is 0.317 e. The van der Waals surface area contributed by atoms with Crippen LogP contribution >= 0.6 is 0 Å². The number of rotatable bonds is 10. The van der Waals surface area contributed by atoms with Gasteiger partial charge in [-0.1, -0.05) is 51.0 Å². The number of hydrogen-bond donors (Lipinski definition) is 0. The summed E-state index contributed by atoms with van der Waals surface area (Å²) in [6.45, 7) is 21.6. The summed E-state index contributed by atoms with van der Waals surface area (Å²) in [5.41, 5.74) is 4.41. The zero-order valence-electron chi connectivity index (χ0n) is 21.7. The number of ether oxygens (including phenoxy) is 1. The highest BCUT2D eigenvalue weighted by Gasteiger charge is 2.42. The highest BCUT2D eigenvalue weighted by Crippen LogP contribution is 2.50. The van der Waals surface area contributed by atoms with E-state index in [0.717, 1.165) is 61.2 Å². The van der Waals surface area contributed by atoms with Crippen LogP contribution in [0.15, 0.2) is 53.7 Å². The third-order valence-electron chi connectivity index (χ3n) is 6.69. The molecule has 6 heteroatoms. The van der Waals surface area contributed by atoms with Crippen LogP contribution in [0, 0.1) is 35.8 Å². The van der Waals surface area contributed by atoms with Crippen molar-refractivity contribution in [3.8, 4) is 17.9 Å². The fourth-order valence-electron chi connectivity index (χ4n) is 4.81. The number of benzene rings is 2. The van der Waals surface area contributed by atoms with E-state index in [-0.39, 0.29) is 5.70 Å². The van der Waals surface area contributed by atoms with Crippen LogP contribution in [0.5, 0.6) is 5.75 Å². The van der Waals surface area contributed by atoms with Gasteiger partial charge in [0.2, 0.25) is 0 Å². The number of hydrogen-bond acceptors (Lipinski definition) is 4. The first kappa shape index (κ1) is 27.1. The van der Waals surface area contributed by atoms with Crippen molar-refractivity contribution in [1.29, 1.82) is 10.5 Å². The number of nitrogens with zero attached hydrogens (tertiary/aromatic N) is 5. The number of unbranched alkanes of at least 4 members (excludes halogenated alkanes) is 2. The molecule has 0 aromatic heterocycles. The van der Waals surface area contributed by atoms with Gasteiger partial charge in [-0.2, -0.15) is 5.26 Å². The van der Waals surface area contributed by atoms with Crippen molar-refractivity contribution in [3.63, 3.8) is 0 Å². The summed E-state index contributed by atoms with van der Waals surface area (Å²) in [5.74, 6) is 0.0866. The van der Waals surface area contributed by atoms with Crippen molar-refractivity contribution in [2.75, 3.05) is 25.1 Å². The second-order valence-electron chi connectivity index (χ2n) is 8.94. The first-order valence-electron chi connectivity index (χ1n) is 12.6. The topological polar surface area (TPSA) is 68.8 Å². The molecule has 1 aliphatic carbocycles. The quantitative estimate of drug-likeness (QED) is 0.260. The molecule has 0 heterocycles. The van der Waals surface area contributed by atoms with Crippen molar-refractivity contribution in [2.45, 2.75) is 51.5 Å². The monoisotopic (exact) mass is 489 g/mol. The molecule has 0 spiro atoms. The molecule has 2 unspecified atom stereocenters. The molecule has 186 valence electrons. The SMILES string of the molecule is [C-]#[N+]/C(C#N)=C1\C(=C\c2ccc(N(CCCC)CCCC)cc2OC)C(C(C#N)[N+]#[C-])c2ccccc21. The molecule has 0 N–H and O–H groups in total. The van der Waals surface area contributed by atoms with Crippen LogP contribution in [-0.4, -0.2) is 26.2 Å². The summed E-state index contributed by atoms with van der Waals surface area (Å²) >= 11 is 0. The van der Waals surface area contributed by atoms with Crippen molar-refractivity contribution in [2.24, 2.45) is 0 Å². The summed E-state index contributed by atoms with van der Waals surface area (Å²) in [7, 11) is 1.62. The molecule has 0 fully saturated rings. The molecule has 0 amide bonds. The van der Waals surface area contributed by atoms with Crippen LogP contribution in [0.4, 0.5) is 5.69 Å². The fraction of sp³-hybridized carbons (Fsp3) is 0.355. The van der Waals surface area contributed by atoms with Crippen molar-refractivity contribution in [3.05, 3.63) is 93.3 Å². The first-order valence-corrected chi connectivity index (χ1v) is 12.6. The predicted octanol–water partition coefficient (Wildman–Crippen LogP) is 7.25. The van der Waals surface area contributed by atoms with E-state index in [1.165, 1.54) is 0 Å². The van der Waals surface area contributed by atoms with E-state index in [2.05, 4.69) is 40.6 Å². The Bertz CT molecular complexity index is 1320. The number of allylic oxidation sites excluding steroid dienone is 2. The second-order valence-corrected chi connectivity index (χ2v) is 8.94. The summed E-state index contributed by atoms with van der Waals surface area (Å²) in [4.78, 5) is 9.46. The minimum Gasteiger partial charge on any atom is -0.496 e. The summed E-state index contributed by atoms with van der Waals surface area (Å²) in [5, 5.41) is 19.6. The average Bonchev–Trinajstić information content (AvgIpc) is 3.24. The van der Waals surface area contributed by atoms with E-state index in [9.17, 15) is 10.5 Å². The van der Waals surface area contributed by atoms with Crippen LogP contribution < -0.4 is 9.64 Å². The third-order valence-corrected chi connectivity index (χ3v) is 6.69. The molecule has 2 aromatic carbocycles. The Kier molecular flexibility index (Phi) is 9.49. The largest absolute Gasteiger partial charge is 0.496 e. The lowest BCUT2D eigenvalue weighted by Crippen LogP contribution is -2.25. The predicted molar refractivity (Wildman–Crippen MR) is 147 cm³/mol. The Labute approximate surface area is 220 Å². The second kappa shape index (κ2) is 13.0. The van der Waals surface area contributed by atoms with E-state index >= 15 is 0 Å². The van der Waals surface area contributed by atoms with Gasteiger partial charge in [0.1, 0.15) is 5.75 Å². The van der Waals surface area contributed by atoms with Crippen LogP contribution in [0.25, 0.3) is 21.3 Å². The first-order chi connectivity index (χ1) is 18.1. The number of nitriles is 2. The lowest BCUT2D eigenvalue weighted by molar-refractivity contribution is 0.413. The molecule has 2 aromatic rings. The normalized spacial score (nSPS) is 17.1. The molecule has 0 saturated carbocycles. The summed E-state index contributed by atoms with van der Waals surface area (Å²) in [6, 6.07) is 16.6. The smallest absolute Gasteiger partial charge is 0.317 e. The van der Waals surface area contributed by atoms with Crippen LogP contribution in [0.1, 0.15) is 62.1 Å². The standard InChI is InChI=1S/C31H31N5O/c1-6-8-16-36(17-9-7-2)23-15-14-22(29(19-23)37-5)18-26-30(27(20-32)34-3)24-12-10-11-13-25(24)31(26)28(21-33)35-4/h10-15,18-19,27,30H,6-9,16-17H2,1-2,5H3/b26-18+,31-28-. The summed E-state index contributed by atoms with van der Waals surface area (Å²) < 4.78 is 5.79. The van der Waals surface area contributed by atoms with Crippen LogP contribution in [-0.2, 0) is 0 Å². The van der Waals surface area contributed by atoms with Crippen LogP contribution in [0.3, 0.4) is 0 Å². The fourth-order valence-corrected chi connectivity index (χ4v) is 4.81. The number of fused-ring (bicyclic) bond motifs is 1. The van der Waals surface area contributed by atoms with Crippen LogP contribution in [0.2, 0.25) is 0 Å². The van der Waals surface area contributed by atoms with E-state index in [4.69, 9.17) is 17.9 Å². The van der Waals surface area contributed by atoms with Crippen molar-refractivity contribution < 1.29 is 4.74 Å². The number of methoxy groups -OCH3 is 1. The summed E-state index contributed by atoms with van der Waals surface area (Å²) in [6.07, 6.45) is 6.31. The van der Waals surface area contributed by atoms with E-state index in [0.29, 0.717) is 16.9 Å². The van der Waals surface area contributed by atoms with E-state index in [1.54, 1.807) is 7.11 Å². The Balaban J connectivity index is 2.21. The van der Waals surface area contributed by atoms with E-state index < -0.39 is 12.0 Å². The Hall–Kier alpha value is -4.52. The van der Waals surface area contributed by atoms with Gasteiger partial charge >= 0.3 is 6.04 Å². The Morgan fingerprint density at radius 3 is 2.38 bits per heavy atom. The molecule has 0 radical (unpaired) electrons. The molecule has 0 bridgehead atoms. The molecule has 6 nitrogen and oxygen atoms in total. The van der Waals surface area contributed by atoms with Gasteiger partial charge in [-0.05, 0) is 47.8 Å². The maximum absolute atomic E-state index is 9.81. The Morgan fingerprint density at radius 2 is 1.81 bits per heavy atom. The zero-order chi connectivity index (χ0) is 26.8. The van der Waals surface area contributed by atoms with Gasteiger partial charge in [-0.3, -0.25) is 4.85 Å². The third kappa shape index (κ3) is 5.67. The van der Waals surface area contributed by atoms with Gasteiger partial charge in [0, 0.05) is 36.0 Å². The zero-order valence-corrected chi connectivity index (χ0v) is 21.7. The molecular formula is C31H31N5O. The minimum atomic E-state index is -0.987. The highest BCUT2D eigenvalue weighted by molar-refractivity contribution is 5.96. The van der Waals surface area contributed by atoms with Gasteiger partial charge < -0.3 is 9.64 Å². The van der Waals surface area contributed by atoms with Gasteiger partial charge in [0.05, 0.1) is 25.7 Å². The van der Waals surface area contributed by atoms with Crippen molar-refractivity contribution in [1.82, 2.24) is 0 Å². The minimum absolute atomic E-state index is 0.0521. The van der Waals surface area contributed by atoms with Gasteiger partial charge in [-0.15, -0.1) is 0 Å². The molecule has 1 aliphatic rings. The molecule has 3 rings (SSSR count). The molecule has 0 aliphatic heterocycles. The van der Waals surface area contributed by atoms with Gasteiger partial charge in [-0.25, -0.2) is 16.7 Å². The molecule has 0 saturated heterocycles. The van der Waals surface area contributed by atoms with Crippen molar-refractivity contribution >= 4 is 17.3 Å². The van der Waals surface area contributed by atoms with Gasteiger partial charge in [0.15, 0.2) is 6.07 Å². The Morgan fingerprint density at radius 1 is 1.11 bits per heavy atom. The lowest BCUT2D eigenvalue weighted by Gasteiger charge is -2.25. The average molecular weight is 490 g/mol. The van der Waals surface area contributed by atoms with E-state index in [1.807, 2.05) is 48.5 Å². The van der Waals surface area contributed by atoms with Gasteiger partial charge in [0.25, 0.3) is 5.70 Å². The lowest BCUT2D eigenvalue weighted by atomic mass is 9.88. The highest BCUT2D eigenvalue weighted by atomic mass is 16.5. The molecule has 2 atom stereocenters.